The van der Waals surface area contributed by atoms with Crippen molar-refractivity contribution in [3.63, 3.8) is 0 Å². The summed E-state index contributed by atoms with van der Waals surface area (Å²) >= 11 is 0. The molecule has 7 nitrogen and oxygen atoms in total. The van der Waals surface area contributed by atoms with Crippen LogP contribution in [0.1, 0.15) is 37.6 Å². The minimum Gasteiger partial charge on any atom is -0.467 e. The van der Waals surface area contributed by atoms with Gasteiger partial charge >= 0.3 is 5.97 Å². The second kappa shape index (κ2) is 10.7. The summed E-state index contributed by atoms with van der Waals surface area (Å²) in [5, 5.41) is 7.33. The minimum absolute atomic E-state index is 0.0467. The molecule has 2 aromatic carbocycles. The molecule has 1 atom stereocenters. The maximum Gasteiger partial charge on any atom is 0.328 e. The van der Waals surface area contributed by atoms with Gasteiger partial charge in [0.25, 0.3) is 11.5 Å². The second-order valence-electron chi connectivity index (χ2n) is 8.13. The Morgan fingerprint density at radius 2 is 1.58 bits per heavy atom. The van der Waals surface area contributed by atoms with Crippen LogP contribution < -0.4 is 10.9 Å². The van der Waals surface area contributed by atoms with Gasteiger partial charge < -0.3 is 10.1 Å². The predicted octanol–water partition coefficient (Wildman–Crippen LogP) is 3.91. The lowest BCUT2D eigenvalue weighted by molar-refractivity contribution is -0.143. The van der Waals surface area contributed by atoms with Crippen LogP contribution in [0.3, 0.4) is 0 Å². The van der Waals surface area contributed by atoms with Crippen LogP contribution in [0.2, 0.25) is 0 Å². The Morgan fingerprint density at radius 3 is 2.09 bits per heavy atom. The van der Waals surface area contributed by atoms with Gasteiger partial charge in [-0.1, -0.05) is 74.5 Å². The highest BCUT2D eigenvalue weighted by atomic mass is 16.5. The molecule has 7 heteroatoms. The van der Waals surface area contributed by atoms with Gasteiger partial charge in [-0.15, -0.1) is 0 Å². The fraction of sp³-hybridized carbons (Fsp3) is 0.308. The largest absolute Gasteiger partial charge is 0.467 e. The Bertz CT molecular complexity index is 1170. The monoisotopic (exact) mass is 447 g/mol. The normalized spacial score (nSPS) is 11.8. The average molecular weight is 448 g/mol. The third kappa shape index (κ3) is 5.37. The topological polar surface area (TPSA) is 90.3 Å². The van der Waals surface area contributed by atoms with E-state index >= 15 is 0 Å². The number of nitrogens with one attached hydrogen (secondary N) is 1. The summed E-state index contributed by atoms with van der Waals surface area (Å²) in [6.45, 7) is 5.98. The molecule has 1 N–H and O–H groups in total. The van der Waals surface area contributed by atoms with Gasteiger partial charge in [-0.25, -0.2) is 9.48 Å². The van der Waals surface area contributed by atoms with Crippen LogP contribution in [-0.4, -0.2) is 34.8 Å². The fourth-order valence-electron chi connectivity index (χ4n) is 3.74. The van der Waals surface area contributed by atoms with Gasteiger partial charge in [0.05, 0.1) is 12.8 Å². The van der Waals surface area contributed by atoms with Gasteiger partial charge in [0, 0.05) is 17.7 Å². The van der Waals surface area contributed by atoms with E-state index in [4.69, 9.17) is 4.74 Å². The molecule has 0 bridgehead atoms. The molecule has 1 amide bonds. The van der Waals surface area contributed by atoms with Crippen molar-refractivity contribution in [1.82, 2.24) is 15.1 Å². The van der Waals surface area contributed by atoms with E-state index in [2.05, 4.69) is 10.4 Å². The molecule has 0 fully saturated rings. The Hall–Kier alpha value is -3.74. The zero-order chi connectivity index (χ0) is 24.0. The standard InChI is InChI=1S/C26H29N3O4/c1-5-29-25(31)22(24(30)27-20(16-17(2)3)26(32)33-4)21(18-12-8-6-9-13-18)23(28-29)19-14-10-7-11-15-19/h6-15,17,20H,5,16H2,1-4H3,(H,27,30). The summed E-state index contributed by atoms with van der Waals surface area (Å²) in [5.41, 5.74) is 1.86. The van der Waals surface area contributed by atoms with Crippen molar-refractivity contribution in [2.24, 2.45) is 5.92 Å². The lowest BCUT2D eigenvalue weighted by atomic mass is 9.94. The van der Waals surface area contributed by atoms with E-state index in [-0.39, 0.29) is 11.5 Å². The van der Waals surface area contributed by atoms with Crippen LogP contribution in [0.15, 0.2) is 65.5 Å². The highest BCUT2D eigenvalue weighted by Gasteiger charge is 2.29. The smallest absolute Gasteiger partial charge is 0.328 e. The molecule has 1 unspecified atom stereocenters. The van der Waals surface area contributed by atoms with E-state index in [0.29, 0.717) is 29.8 Å². The van der Waals surface area contributed by atoms with Crippen molar-refractivity contribution in [3.05, 3.63) is 76.6 Å². The number of hydrogen-bond acceptors (Lipinski definition) is 5. The summed E-state index contributed by atoms with van der Waals surface area (Å²) < 4.78 is 6.16. The lowest BCUT2D eigenvalue weighted by Crippen LogP contribution is -2.45. The highest BCUT2D eigenvalue weighted by molar-refractivity contribution is 6.04. The predicted molar refractivity (Wildman–Crippen MR) is 128 cm³/mol. The van der Waals surface area contributed by atoms with E-state index in [0.717, 1.165) is 5.56 Å². The van der Waals surface area contributed by atoms with Crippen LogP contribution in [0.5, 0.6) is 0 Å². The SMILES string of the molecule is CCn1nc(-c2ccccc2)c(-c2ccccc2)c(C(=O)NC(CC(C)C)C(=O)OC)c1=O. The number of ether oxygens (including phenoxy) is 1. The maximum absolute atomic E-state index is 13.6. The van der Waals surface area contributed by atoms with Crippen molar-refractivity contribution in [2.75, 3.05) is 7.11 Å². The third-order valence-corrected chi connectivity index (χ3v) is 5.29. The first-order valence-corrected chi connectivity index (χ1v) is 11.0. The Kier molecular flexibility index (Phi) is 7.77. The lowest BCUT2D eigenvalue weighted by Gasteiger charge is -2.21. The number of carbonyl (C=O) groups is 2. The molecule has 0 spiro atoms. The van der Waals surface area contributed by atoms with E-state index in [1.807, 2.05) is 74.5 Å². The first kappa shape index (κ1) is 23.9. The maximum atomic E-state index is 13.6. The molecule has 33 heavy (non-hydrogen) atoms. The first-order valence-electron chi connectivity index (χ1n) is 11.0. The average Bonchev–Trinajstić information content (AvgIpc) is 2.83. The van der Waals surface area contributed by atoms with E-state index in [9.17, 15) is 14.4 Å². The van der Waals surface area contributed by atoms with E-state index in [1.165, 1.54) is 11.8 Å². The molecular weight excluding hydrogens is 418 g/mol. The number of amides is 1. The quantitative estimate of drug-likeness (QED) is 0.529. The van der Waals surface area contributed by atoms with Crippen molar-refractivity contribution < 1.29 is 14.3 Å². The Morgan fingerprint density at radius 1 is 1.00 bits per heavy atom. The highest BCUT2D eigenvalue weighted by Crippen LogP contribution is 2.32. The molecule has 1 aromatic heterocycles. The number of aryl methyl sites for hydroxylation is 1. The van der Waals surface area contributed by atoms with Crippen LogP contribution in [-0.2, 0) is 16.1 Å². The van der Waals surface area contributed by atoms with Crippen molar-refractivity contribution in [3.8, 4) is 22.4 Å². The number of benzene rings is 2. The van der Waals surface area contributed by atoms with Gasteiger partial charge in [-0.3, -0.25) is 9.59 Å². The van der Waals surface area contributed by atoms with Gasteiger partial charge in [0.1, 0.15) is 11.6 Å². The molecule has 1 heterocycles. The van der Waals surface area contributed by atoms with Crippen LogP contribution in [0, 0.1) is 5.92 Å². The summed E-state index contributed by atoms with van der Waals surface area (Å²) in [5.74, 6) is -1.05. The Labute approximate surface area is 193 Å². The molecule has 0 radical (unpaired) electrons. The molecule has 172 valence electrons. The van der Waals surface area contributed by atoms with Crippen molar-refractivity contribution in [1.29, 1.82) is 0 Å². The molecule has 3 rings (SSSR count). The summed E-state index contributed by atoms with van der Waals surface area (Å²) in [6, 6.07) is 17.8. The van der Waals surface area contributed by atoms with Gasteiger partial charge in [-0.05, 0) is 24.8 Å². The van der Waals surface area contributed by atoms with Crippen LogP contribution in [0.25, 0.3) is 22.4 Å². The number of carbonyl (C=O) groups excluding carboxylic acids is 2. The van der Waals surface area contributed by atoms with Crippen molar-refractivity contribution in [2.45, 2.75) is 39.8 Å². The minimum atomic E-state index is -0.867. The summed E-state index contributed by atoms with van der Waals surface area (Å²) in [7, 11) is 1.28. The number of nitrogens with zero attached hydrogens (tertiary/aromatic N) is 2. The van der Waals surface area contributed by atoms with E-state index < -0.39 is 23.5 Å². The van der Waals surface area contributed by atoms with Crippen LogP contribution in [0.4, 0.5) is 0 Å². The molecule has 0 aliphatic rings. The number of esters is 1. The molecule has 0 saturated carbocycles. The fourth-order valence-corrected chi connectivity index (χ4v) is 3.74. The van der Waals surface area contributed by atoms with Gasteiger partial charge in [-0.2, -0.15) is 5.10 Å². The molecule has 0 aliphatic carbocycles. The number of hydrogen-bond donors (Lipinski definition) is 1. The number of rotatable bonds is 8. The van der Waals surface area contributed by atoms with Gasteiger partial charge in [0.2, 0.25) is 0 Å². The zero-order valence-corrected chi connectivity index (χ0v) is 19.4. The summed E-state index contributed by atoms with van der Waals surface area (Å²) in [4.78, 5) is 39.3. The molecular formula is C26H29N3O4. The number of methoxy groups -OCH3 is 1. The summed E-state index contributed by atoms with van der Waals surface area (Å²) in [6.07, 6.45) is 0.387. The second-order valence-corrected chi connectivity index (χ2v) is 8.13. The van der Waals surface area contributed by atoms with E-state index in [1.54, 1.807) is 6.92 Å². The molecule has 0 saturated heterocycles. The third-order valence-electron chi connectivity index (χ3n) is 5.29. The molecule has 0 aliphatic heterocycles. The molecule has 3 aromatic rings. The first-order chi connectivity index (χ1) is 15.9. The zero-order valence-electron chi connectivity index (χ0n) is 19.4. The van der Waals surface area contributed by atoms with Gasteiger partial charge in [0.15, 0.2) is 0 Å². The van der Waals surface area contributed by atoms with Crippen molar-refractivity contribution >= 4 is 11.9 Å². The number of aromatic nitrogens is 2. The Balaban J connectivity index is 2.26. The van der Waals surface area contributed by atoms with Crippen LogP contribution >= 0.6 is 0 Å².